The lowest BCUT2D eigenvalue weighted by molar-refractivity contribution is -0.0255. The largest absolute Gasteiger partial charge is 0.449 e. The van der Waals surface area contributed by atoms with Gasteiger partial charge < -0.3 is 14.4 Å². The Morgan fingerprint density at radius 3 is 3.00 bits per heavy atom. The first kappa shape index (κ1) is 17.6. The maximum Gasteiger partial charge on any atom is 0.191 e. The van der Waals surface area contributed by atoms with Gasteiger partial charge in [0, 0.05) is 45.8 Å². The summed E-state index contributed by atoms with van der Waals surface area (Å²) in [6.07, 6.45) is 8.10. The normalized spacial score (nSPS) is 22.9. The topological polar surface area (TPSA) is 94.3 Å². The summed E-state index contributed by atoms with van der Waals surface area (Å²) in [4.78, 5) is 13.7. The Labute approximate surface area is 163 Å². The monoisotopic (exact) mass is 382 g/mol. The first-order valence-electron chi connectivity index (χ1n) is 9.95. The van der Waals surface area contributed by atoms with Gasteiger partial charge in [0.1, 0.15) is 12.1 Å². The lowest BCUT2D eigenvalue weighted by Crippen LogP contribution is -2.53. The second-order valence-electron chi connectivity index (χ2n) is 8.34. The minimum absolute atomic E-state index is 0.150. The number of aromatic amines is 1. The first-order valence-corrected chi connectivity index (χ1v) is 9.95. The van der Waals surface area contributed by atoms with Gasteiger partial charge in [0.2, 0.25) is 0 Å². The minimum Gasteiger partial charge on any atom is -0.449 e. The quantitative estimate of drug-likeness (QED) is 0.716. The van der Waals surface area contributed by atoms with Crippen LogP contribution in [0.5, 0.6) is 0 Å². The molecule has 3 aromatic rings. The molecular weight excluding hydrogens is 356 g/mol. The number of aromatic nitrogens is 4. The Balaban J connectivity index is 1.29. The van der Waals surface area contributed by atoms with E-state index in [9.17, 15) is 5.11 Å². The molecule has 8 heteroatoms. The van der Waals surface area contributed by atoms with Crippen molar-refractivity contribution in [2.45, 2.75) is 38.8 Å². The molecular formula is C20H26N6O2. The number of likely N-dealkylation sites (tertiary alicyclic amines) is 1. The number of aliphatic hydroxyl groups excluding tert-OH is 1. The van der Waals surface area contributed by atoms with Crippen molar-refractivity contribution >= 4 is 16.7 Å². The van der Waals surface area contributed by atoms with Gasteiger partial charge in [0.25, 0.3) is 0 Å². The van der Waals surface area contributed by atoms with Gasteiger partial charge in [-0.05, 0) is 30.7 Å². The molecule has 2 saturated heterocycles. The van der Waals surface area contributed by atoms with Gasteiger partial charge in [-0.3, -0.25) is 10.00 Å². The third-order valence-electron chi connectivity index (χ3n) is 6.22. The number of β-amino-alcohol motifs (C(OH)–C–C–N with tert-alkyl or cyclic N) is 1. The van der Waals surface area contributed by atoms with E-state index < -0.39 is 0 Å². The van der Waals surface area contributed by atoms with E-state index in [0.717, 1.165) is 67.9 Å². The fraction of sp³-hybridized carbons (Fsp3) is 0.550. The number of aryl methyl sites for hydroxylation is 1. The van der Waals surface area contributed by atoms with Gasteiger partial charge >= 0.3 is 0 Å². The molecule has 2 N–H and O–H groups in total. The molecule has 2 aliphatic heterocycles. The Morgan fingerprint density at radius 2 is 2.21 bits per heavy atom. The average Bonchev–Trinajstić information content (AvgIpc) is 3.30. The summed E-state index contributed by atoms with van der Waals surface area (Å²) in [7, 11) is 0. The molecule has 2 aliphatic rings. The number of fused-ring (bicyclic) bond motifs is 1. The van der Waals surface area contributed by atoms with Crippen molar-refractivity contribution in [3.8, 4) is 0 Å². The zero-order valence-corrected chi connectivity index (χ0v) is 16.1. The zero-order chi connectivity index (χ0) is 19.1. The van der Waals surface area contributed by atoms with Crippen LogP contribution in [0.2, 0.25) is 0 Å². The predicted octanol–water partition coefficient (Wildman–Crippen LogP) is 2.11. The number of nitrogens with one attached hydrogen (secondary N) is 1. The van der Waals surface area contributed by atoms with Gasteiger partial charge in [-0.2, -0.15) is 5.10 Å². The maximum atomic E-state index is 10.6. The van der Waals surface area contributed by atoms with Crippen LogP contribution in [0, 0.1) is 12.3 Å². The van der Waals surface area contributed by atoms with Gasteiger partial charge in [0.15, 0.2) is 5.89 Å². The van der Waals surface area contributed by atoms with Crippen molar-refractivity contribution in [1.82, 2.24) is 25.1 Å². The van der Waals surface area contributed by atoms with Crippen LogP contribution in [-0.2, 0) is 6.54 Å². The summed E-state index contributed by atoms with van der Waals surface area (Å²) in [6.45, 7) is 6.18. The molecule has 8 nitrogen and oxygen atoms in total. The number of oxazole rings is 1. The van der Waals surface area contributed by atoms with Crippen LogP contribution in [0.25, 0.3) is 10.9 Å². The molecule has 1 atom stereocenters. The standard InChI is InChI=1S/C20H26N6O2/c1-14-23-15(12-28-14)10-25-11-16(27)8-20(13-25)3-6-26(7-4-20)19-17-9-22-24-18(17)2-5-21-19/h2,5,9,12,16,27H,3-4,6-8,10-11,13H2,1H3,(H,22,24). The lowest BCUT2D eigenvalue weighted by Gasteiger charge is -2.49. The van der Waals surface area contributed by atoms with Gasteiger partial charge in [-0.1, -0.05) is 0 Å². The van der Waals surface area contributed by atoms with Crippen molar-refractivity contribution in [2.24, 2.45) is 5.41 Å². The number of hydrogen-bond donors (Lipinski definition) is 2. The first-order chi connectivity index (χ1) is 13.6. The Hall–Kier alpha value is -2.45. The number of H-pyrrole nitrogens is 1. The molecule has 28 heavy (non-hydrogen) atoms. The Kier molecular flexibility index (Phi) is 4.32. The van der Waals surface area contributed by atoms with Crippen LogP contribution >= 0.6 is 0 Å². The van der Waals surface area contributed by atoms with Crippen LogP contribution in [0.1, 0.15) is 30.8 Å². The van der Waals surface area contributed by atoms with Crippen LogP contribution in [-0.4, -0.2) is 62.5 Å². The number of rotatable bonds is 3. The Morgan fingerprint density at radius 1 is 1.36 bits per heavy atom. The molecule has 0 bridgehead atoms. The van der Waals surface area contributed by atoms with Crippen molar-refractivity contribution in [2.75, 3.05) is 31.1 Å². The highest BCUT2D eigenvalue weighted by Crippen LogP contribution is 2.41. The molecule has 1 unspecified atom stereocenters. The molecule has 0 radical (unpaired) electrons. The van der Waals surface area contributed by atoms with Gasteiger partial charge in [0.05, 0.1) is 28.9 Å². The Bertz CT molecular complexity index is 958. The highest BCUT2D eigenvalue weighted by Gasteiger charge is 2.42. The second-order valence-corrected chi connectivity index (χ2v) is 8.34. The van der Waals surface area contributed by atoms with E-state index >= 15 is 0 Å². The molecule has 5 heterocycles. The van der Waals surface area contributed by atoms with Crippen LogP contribution in [0.3, 0.4) is 0 Å². The smallest absolute Gasteiger partial charge is 0.191 e. The van der Waals surface area contributed by atoms with Crippen molar-refractivity contribution in [1.29, 1.82) is 0 Å². The lowest BCUT2D eigenvalue weighted by atomic mass is 9.71. The third-order valence-corrected chi connectivity index (χ3v) is 6.22. The predicted molar refractivity (Wildman–Crippen MR) is 105 cm³/mol. The molecule has 0 aromatic carbocycles. The van der Waals surface area contributed by atoms with E-state index in [1.165, 1.54) is 0 Å². The highest BCUT2D eigenvalue weighted by atomic mass is 16.3. The number of piperidine rings is 2. The van der Waals surface area contributed by atoms with E-state index in [4.69, 9.17) is 4.42 Å². The summed E-state index contributed by atoms with van der Waals surface area (Å²) in [6, 6.07) is 1.96. The molecule has 148 valence electrons. The number of pyridine rings is 1. The third kappa shape index (κ3) is 3.27. The summed E-state index contributed by atoms with van der Waals surface area (Å²) in [5, 5.41) is 18.8. The average molecular weight is 382 g/mol. The molecule has 5 rings (SSSR count). The minimum atomic E-state index is -0.288. The second kappa shape index (κ2) is 6.86. The molecule has 0 saturated carbocycles. The zero-order valence-electron chi connectivity index (χ0n) is 16.1. The molecule has 3 aromatic heterocycles. The fourth-order valence-electron chi connectivity index (χ4n) is 4.96. The number of nitrogens with zero attached hydrogens (tertiary/aromatic N) is 5. The van der Waals surface area contributed by atoms with Crippen LogP contribution in [0.4, 0.5) is 5.82 Å². The summed E-state index contributed by atoms with van der Waals surface area (Å²) >= 11 is 0. The van der Waals surface area contributed by atoms with Crippen molar-refractivity contribution in [3.63, 3.8) is 0 Å². The van der Waals surface area contributed by atoms with Crippen molar-refractivity contribution in [3.05, 3.63) is 36.3 Å². The van der Waals surface area contributed by atoms with Crippen LogP contribution in [0.15, 0.2) is 29.1 Å². The van der Waals surface area contributed by atoms with Gasteiger partial charge in [-0.25, -0.2) is 9.97 Å². The summed E-state index contributed by atoms with van der Waals surface area (Å²) < 4.78 is 5.34. The maximum absolute atomic E-state index is 10.6. The van der Waals surface area contributed by atoms with E-state index in [0.29, 0.717) is 12.4 Å². The summed E-state index contributed by atoms with van der Waals surface area (Å²) in [5.41, 5.74) is 2.11. The van der Waals surface area contributed by atoms with E-state index in [1.807, 2.05) is 25.4 Å². The number of hydrogen-bond acceptors (Lipinski definition) is 7. The highest BCUT2D eigenvalue weighted by molar-refractivity contribution is 5.88. The number of anilines is 1. The molecule has 0 aliphatic carbocycles. The van der Waals surface area contributed by atoms with E-state index in [-0.39, 0.29) is 11.5 Å². The molecule has 1 spiro atoms. The summed E-state index contributed by atoms with van der Waals surface area (Å²) in [5.74, 6) is 1.70. The fourth-order valence-corrected chi connectivity index (χ4v) is 4.96. The molecule has 0 amide bonds. The van der Waals surface area contributed by atoms with Crippen molar-refractivity contribution < 1.29 is 9.52 Å². The van der Waals surface area contributed by atoms with E-state index in [1.54, 1.807) is 6.26 Å². The SMILES string of the molecule is Cc1nc(CN2CC(O)CC3(CCN(c4nccc5[nH]ncc45)CC3)C2)co1. The van der Waals surface area contributed by atoms with Gasteiger partial charge in [-0.15, -0.1) is 0 Å². The van der Waals surface area contributed by atoms with Crippen LogP contribution < -0.4 is 4.90 Å². The molecule has 2 fully saturated rings. The van der Waals surface area contributed by atoms with E-state index in [2.05, 4.69) is 30.0 Å². The number of aliphatic hydroxyl groups is 1.